The Morgan fingerprint density at radius 1 is 1.17 bits per heavy atom. The smallest absolute Gasteiger partial charge is 0.320 e. The Kier molecular flexibility index (Phi) is 5.52. The van der Waals surface area contributed by atoms with Crippen molar-refractivity contribution < 1.29 is 18.4 Å². The van der Waals surface area contributed by atoms with Crippen LogP contribution in [0.2, 0.25) is 0 Å². The molecule has 2 unspecified atom stereocenters. The van der Waals surface area contributed by atoms with E-state index in [9.17, 15) is 13.6 Å². The van der Waals surface area contributed by atoms with Crippen LogP contribution in [0.5, 0.6) is 0 Å². The molecule has 2 aliphatic heterocycles. The average Bonchev–Trinajstić information content (AvgIpc) is 3.06. The fraction of sp³-hybridized carbons (Fsp3) is 0.381. The first-order chi connectivity index (χ1) is 14.4. The highest BCUT2D eigenvalue weighted by Crippen LogP contribution is 2.26. The van der Waals surface area contributed by atoms with Gasteiger partial charge < -0.3 is 14.6 Å². The number of rotatable bonds is 3. The van der Waals surface area contributed by atoms with Crippen LogP contribution in [0.25, 0.3) is 11.3 Å². The van der Waals surface area contributed by atoms with Crippen molar-refractivity contribution >= 4 is 17.4 Å². The Bertz CT molecular complexity index is 976. The Morgan fingerprint density at radius 3 is 2.60 bits per heavy atom. The minimum absolute atomic E-state index is 0.0392. The number of nitrogens with one attached hydrogen (secondary N) is 1. The number of aromatic nitrogens is 1. The highest BCUT2D eigenvalue weighted by atomic mass is 19.1. The second kappa shape index (κ2) is 8.25. The van der Waals surface area contributed by atoms with Crippen molar-refractivity contribution in [2.45, 2.75) is 20.1 Å². The van der Waals surface area contributed by atoms with Crippen molar-refractivity contribution in [3.63, 3.8) is 0 Å². The largest absolute Gasteiger partial charge is 0.370 e. The van der Waals surface area contributed by atoms with Crippen molar-refractivity contribution in [2.75, 3.05) is 31.1 Å². The van der Waals surface area contributed by atoms with Gasteiger partial charge in [-0.15, -0.1) is 0 Å². The molecule has 30 heavy (non-hydrogen) atoms. The zero-order valence-corrected chi connectivity index (χ0v) is 16.8. The molecule has 2 aliphatic rings. The molecule has 4 rings (SSSR count). The molecule has 158 valence electrons. The molecular weight excluding hydrogens is 392 g/mol. The molecule has 3 heterocycles. The van der Waals surface area contributed by atoms with Gasteiger partial charge in [-0.25, -0.2) is 13.6 Å². The molecule has 1 fully saturated rings. The van der Waals surface area contributed by atoms with E-state index in [0.717, 1.165) is 17.5 Å². The van der Waals surface area contributed by atoms with E-state index in [4.69, 9.17) is 4.84 Å². The molecule has 1 aromatic heterocycles. The fourth-order valence-corrected chi connectivity index (χ4v) is 3.53. The predicted octanol–water partition coefficient (Wildman–Crippen LogP) is 3.23. The van der Waals surface area contributed by atoms with E-state index in [1.165, 1.54) is 12.1 Å². The van der Waals surface area contributed by atoms with Gasteiger partial charge in [0, 0.05) is 49.7 Å². The summed E-state index contributed by atoms with van der Waals surface area (Å²) in [4.78, 5) is 25.9. The van der Waals surface area contributed by atoms with E-state index in [-0.39, 0.29) is 17.5 Å². The van der Waals surface area contributed by atoms with Crippen molar-refractivity contribution in [3.8, 4) is 11.3 Å². The monoisotopic (exact) mass is 415 g/mol. The number of hydrogen-bond acceptors (Lipinski definition) is 5. The van der Waals surface area contributed by atoms with E-state index in [2.05, 4.69) is 20.4 Å². The van der Waals surface area contributed by atoms with Gasteiger partial charge in [0.1, 0.15) is 11.6 Å². The molecule has 0 saturated carbocycles. The number of carbonyl (C=O) groups excluding carboxylic acids is 1. The Labute approximate surface area is 173 Å². The number of hydrogen-bond donors (Lipinski definition) is 1. The van der Waals surface area contributed by atoms with E-state index < -0.39 is 17.9 Å². The van der Waals surface area contributed by atoms with E-state index in [1.807, 2.05) is 19.9 Å². The lowest BCUT2D eigenvalue weighted by Gasteiger charge is -2.36. The third-order valence-electron chi connectivity index (χ3n) is 5.57. The predicted molar refractivity (Wildman–Crippen MR) is 109 cm³/mol. The number of anilines is 1. The van der Waals surface area contributed by atoms with Gasteiger partial charge in [-0.2, -0.15) is 0 Å². The summed E-state index contributed by atoms with van der Waals surface area (Å²) >= 11 is 0. The third-order valence-corrected chi connectivity index (χ3v) is 5.57. The number of amides is 2. The number of nitrogens with zero attached hydrogens (tertiary/aromatic N) is 4. The first-order valence-corrected chi connectivity index (χ1v) is 9.84. The van der Waals surface area contributed by atoms with Crippen LogP contribution < -0.4 is 10.2 Å². The SMILES string of the molecule is CC1=NOC(NC(=O)N2CCN(c3ccnc(-c4ccc(F)cc4F)c3)CC2)C1C. The molecule has 0 bridgehead atoms. The molecule has 1 saturated heterocycles. The standard InChI is InChI=1S/C21H23F2N5O2/c1-13-14(2)26-30-20(13)25-21(29)28-9-7-27(8-10-28)16-5-6-24-19(12-16)17-4-3-15(22)11-18(17)23/h3-6,11-13,20H,7-10H2,1-2H3,(H,25,29). The van der Waals surface area contributed by atoms with Crippen molar-refractivity contribution in [3.05, 3.63) is 48.2 Å². The number of piperazine rings is 1. The molecule has 2 amide bonds. The number of urea groups is 1. The van der Waals surface area contributed by atoms with Gasteiger partial charge in [0.2, 0.25) is 6.23 Å². The quantitative estimate of drug-likeness (QED) is 0.836. The molecule has 9 heteroatoms. The van der Waals surface area contributed by atoms with Gasteiger partial charge in [-0.3, -0.25) is 10.3 Å². The van der Waals surface area contributed by atoms with Crippen LogP contribution in [0.3, 0.4) is 0 Å². The molecule has 2 aromatic rings. The van der Waals surface area contributed by atoms with Crippen LogP contribution in [0, 0.1) is 17.6 Å². The Morgan fingerprint density at radius 2 is 1.93 bits per heavy atom. The molecular formula is C21H23F2N5O2. The van der Waals surface area contributed by atoms with Crippen LogP contribution in [-0.2, 0) is 4.84 Å². The maximum Gasteiger partial charge on any atom is 0.320 e. The lowest BCUT2D eigenvalue weighted by molar-refractivity contribution is 0.0426. The molecule has 1 N–H and O–H groups in total. The first kappa shape index (κ1) is 20.1. The summed E-state index contributed by atoms with van der Waals surface area (Å²) in [7, 11) is 0. The lowest BCUT2D eigenvalue weighted by Crippen LogP contribution is -2.54. The van der Waals surface area contributed by atoms with Gasteiger partial charge >= 0.3 is 6.03 Å². The highest BCUT2D eigenvalue weighted by Gasteiger charge is 2.31. The number of benzene rings is 1. The summed E-state index contributed by atoms with van der Waals surface area (Å²) < 4.78 is 27.3. The molecule has 0 radical (unpaired) electrons. The van der Waals surface area contributed by atoms with Crippen LogP contribution in [0.4, 0.5) is 19.3 Å². The average molecular weight is 415 g/mol. The molecule has 2 atom stereocenters. The molecule has 7 nitrogen and oxygen atoms in total. The number of carbonyl (C=O) groups is 1. The summed E-state index contributed by atoms with van der Waals surface area (Å²) in [5.74, 6) is -1.23. The molecule has 0 aliphatic carbocycles. The minimum atomic E-state index is -0.649. The van der Waals surface area contributed by atoms with Crippen molar-refractivity contribution in [2.24, 2.45) is 11.1 Å². The highest BCUT2D eigenvalue weighted by molar-refractivity contribution is 5.86. The summed E-state index contributed by atoms with van der Waals surface area (Å²) in [6.07, 6.45) is 1.16. The number of halogens is 2. The van der Waals surface area contributed by atoms with Crippen LogP contribution in [-0.4, -0.2) is 54.0 Å². The number of oxime groups is 1. The summed E-state index contributed by atoms with van der Waals surface area (Å²) in [6, 6.07) is 6.89. The minimum Gasteiger partial charge on any atom is -0.370 e. The maximum atomic E-state index is 14.1. The summed E-state index contributed by atoms with van der Waals surface area (Å²) in [6.45, 7) is 6.15. The maximum absolute atomic E-state index is 14.1. The Hall–Kier alpha value is -3.23. The van der Waals surface area contributed by atoms with Gasteiger partial charge in [-0.1, -0.05) is 12.1 Å². The zero-order valence-electron chi connectivity index (χ0n) is 16.8. The van der Waals surface area contributed by atoms with Crippen LogP contribution in [0.1, 0.15) is 13.8 Å². The second-order valence-electron chi connectivity index (χ2n) is 7.49. The van der Waals surface area contributed by atoms with E-state index >= 15 is 0 Å². The summed E-state index contributed by atoms with van der Waals surface area (Å²) in [5.41, 5.74) is 2.42. The van der Waals surface area contributed by atoms with Crippen molar-refractivity contribution in [1.29, 1.82) is 0 Å². The van der Waals surface area contributed by atoms with Gasteiger partial charge in [0.15, 0.2) is 0 Å². The van der Waals surface area contributed by atoms with Crippen molar-refractivity contribution in [1.82, 2.24) is 15.2 Å². The normalized spacial score (nSPS) is 21.3. The van der Waals surface area contributed by atoms with E-state index in [0.29, 0.717) is 31.9 Å². The van der Waals surface area contributed by atoms with Gasteiger partial charge in [-0.05, 0) is 31.2 Å². The van der Waals surface area contributed by atoms with Gasteiger partial charge in [0.05, 0.1) is 17.3 Å². The zero-order chi connectivity index (χ0) is 21.3. The number of pyridine rings is 1. The Balaban J connectivity index is 1.38. The van der Waals surface area contributed by atoms with Crippen LogP contribution >= 0.6 is 0 Å². The topological polar surface area (TPSA) is 70.1 Å². The molecule has 0 spiro atoms. The van der Waals surface area contributed by atoms with Crippen LogP contribution in [0.15, 0.2) is 41.7 Å². The van der Waals surface area contributed by atoms with Gasteiger partial charge in [0.25, 0.3) is 0 Å². The lowest BCUT2D eigenvalue weighted by atomic mass is 10.1. The third kappa shape index (κ3) is 4.05. The molecule has 1 aromatic carbocycles. The first-order valence-electron chi connectivity index (χ1n) is 9.84. The summed E-state index contributed by atoms with van der Waals surface area (Å²) in [5, 5.41) is 6.79. The van der Waals surface area contributed by atoms with E-state index in [1.54, 1.807) is 17.2 Å². The fourth-order valence-electron chi connectivity index (χ4n) is 3.53. The second-order valence-corrected chi connectivity index (χ2v) is 7.49.